The molecule has 108 valence electrons. The van der Waals surface area contributed by atoms with Gasteiger partial charge in [0.2, 0.25) is 10.0 Å². The molecule has 0 fully saturated rings. The van der Waals surface area contributed by atoms with Crippen molar-refractivity contribution in [1.29, 1.82) is 0 Å². The van der Waals surface area contributed by atoms with Gasteiger partial charge in [0.1, 0.15) is 11.6 Å². The van der Waals surface area contributed by atoms with E-state index in [-0.39, 0.29) is 22.9 Å². The summed E-state index contributed by atoms with van der Waals surface area (Å²) >= 11 is 2.81. The number of nitrogens with one attached hydrogen (secondary N) is 1. The fourth-order valence-corrected chi connectivity index (χ4v) is 2.44. The van der Waals surface area contributed by atoms with Gasteiger partial charge in [-0.2, -0.15) is 0 Å². The van der Waals surface area contributed by atoms with E-state index < -0.39 is 27.3 Å². The predicted molar refractivity (Wildman–Crippen MR) is 72.6 cm³/mol. The zero-order chi connectivity index (χ0) is 14.6. The van der Waals surface area contributed by atoms with Crippen LogP contribution in [0.3, 0.4) is 0 Å². The van der Waals surface area contributed by atoms with Gasteiger partial charge in [-0.1, -0.05) is 0 Å². The second-order valence-corrected chi connectivity index (χ2v) is 6.78. The standard InChI is InChI=1S/C11H14BrF2NO3S/c1-7(2)18-3-4-19(16,17)15-11-6-9(13)8(12)5-10(11)14/h5-7,15H,3-4H2,1-2H3. The zero-order valence-electron chi connectivity index (χ0n) is 10.4. The molecule has 0 amide bonds. The maximum absolute atomic E-state index is 13.5. The van der Waals surface area contributed by atoms with Crippen LogP contribution in [-0.2, 0) is 14.8 Å². The number of rotatable bonds is 6. The largest absolute Gasteiger partial charge is 0.378 e. The normalized spacial score (nSPS) is 11.9. The van der Waals surface area contributed by atoms with Crippen molar-refractivity contribution in [3.05, 3.63) is 28.2 Å². The van der Waals surface area contributed by atoms with Gasteiger partial charge in [-0.3, -0.25) is 4.72 Å². The van der Waals surface area contributed by atoms with Crippen molar-refractivity contribution in [2.24, 2.45) is 0 Å². The molecule has 1 N–H and O–H groups in total. The third-order valence-corrected chi connectivity index (χ3v) is 3.92. The SMILES string of the molecule is CC(C)OCCS(=O)(=O)Nc1cc(F)c(Br)cc1F. The first-order valence-corrected chi connectivity index (χ1v) is 7.92. The molecular weight excluding hydrogens is 344 g/mol. The molecule has 0 saturated heterocycles. The second kappa shape index (κ2) is 6.62. The lowest BCUT2D eigenvalue weighted by Gasteiger charge is -2.11. The van der Waals surface area contributed by atoms with E-state index in [0.717, 1.165) is 12.1 Å². The minimum absolute atomic E-state index is 0.0202. The van der Waals surface area contributed by atoms with E-state index in [1.165, 1.54) is 0 Å². The number of ether oxygens (including phenoxy) is 1. The van der Waals surface area contributed by atoms with Gasteiger partial charge in [0.15, 0.2) is 0 Å². The van der Waals surface area contributed by atoms with Crippen LogP contribution in [0.25, 0.3) is 0 Å². The Bertz CT molecular complexity index is 549. The lowest BCUT2D eigenvalue weighted by molar-refractivity contribution is 0.0913. The van der Waals surface area contributed by atoms with Crippen LogP contribution < -0.4 is 4.72 Å². The summed E-state index contributed by atoms with van der Waals surface area (Å²) in [6.07, 6.45) is -0.0999. The Morgan fingerprint density at radius 3 is 2.53 bits per heavy atom. The molecule has 0 bridgehead atoms. The molecule has 0 unspecified atom stereocenters. The maximum Gasteiger partial charge on any atom is 0.235 e. The van der Waals surface area contributed by atoms with Gasteiger partial charge in [0.05, 0.1) is 28.6 Å². The average molecular weight is 358 g/mol. The van der Waals surface area contributed by atoms with E-state index in [9.17, 15) is 17.2 Å². The molecule has 0 heterocycles. The van der Waals surface area contributed by atoms with E-state index >= 15 is 0 Å². The van der Waals surface area contributed by atoms with Gasteiger partial charge < -0.3 is 4.74 Å². The van der Waals surface area contributed by atoms with Gasteiger partial charge >= 0.3 is 0 Å². The number of hydrogen-bond donors (Lipinski definition) is 1. The fraction of sp³-hybridized carbons (Fsp3) is 0.455. The van der Waals surface area contributed by atoms with Crippen LogP contribution in [0, 0.1) is 11.6 Å². The molecule has 0 spiro atoms. The minimum Gasteiger partial charge on any atom is -0.378 e. The van der Waals surface area contributed by atoms with Crippen molar-refractivity contribution in [2.45, 2.75) is 20.0 Å². The predicted octanol–water partition coefficient (Wildman–Crippen LogP) is 2.89. The number of anilines is 1. The Morgan fingerprint density at radius 1 is 1.32 bits per heavy atom. The van der Waals surface area contributed by atoms with Crippen LogP contribution in [0.15, 0.2) is 16.6 Å². The molecule has 19 heavy (non-hydrogen) atoms. The van der Waals surface area contributed by atoms with Crippen molar-refractivity contribution in [3.63, 3.8) is 0 Å². The summed E-state index contributed by atoms with van der Waals surface area (Å²) in [5.41, 5.74) is -0.426. The molecule has 1 aromatic rings. The molecule has 1 aromatic carbocycles. The van der Waals surface area contributed by atoms with Crippen molar-refractivity contribution >= 4 is 31.6 Å². The van der Waals surface area contributed by atoms with Crippen molar-refractivity contribution < 1.29 is 21.9 Å². The Morgan fingerprint density at radius 2 is 1.95 bits per heavy atom. The maximum atomic E-state index is 13.5. The fourth-order valence-electron chi connectivity index (χ4n) is 1.21. The minimum atomic E-state index is -3.78. The van der Waals surface area contributed by atoms with E-state index in [4.69, 9.17) is 4.74 Å². The van der Waals surface area contributed by atoms with Crippen molar-refractivity contribution in [1.82, 2.24) is 0 Å². The van der Waals surface area contributed by atoms with Gasteiger partial charge in [-0.25, -0.2) is 17.2 Å². The third-order valence-electron chi connectivity index (χ3n) is 2.08. The molecule has 0 aliphatic heterocycles. The molecule has 4 nitrogen and oxygen atoms in total. The molecule has 0 radical (unpaired) electrons. The van der Waals surface area contributed by atoms with Crippen LogP contribution in [0.2, 0.25) is 0 Å². The molecule has 0 aromatic heterocycles. The van der Waals surface area contributed by atoms with Gasteiger partial charge in [-0.05, 0) is 35.8 Å². The Labute approximate surface area is 119 Å². The molecule has 0 aliphatic carbocycles. The first kappa shape index (κ1) is 16.3. The molecule has 0 saturated carbocycles. The number of sulfonamides is 1. The molecular formula is C11H14BrF2NO3S. The molecule has 0 atom stereocenters. The zero-order valence-corrected chi connectivity index (χ0v) is 12.8. The Balaban J connectivity index is 2.76. The average Bonchev–Trinajstić information content (AvgIpc) is 2.24. The Kier molecular flexibility index (Phi) is 5.69. The molecule has 1 rings (SSSR count). The van der Waals surface area contributed by atoms with Crippen LogP contribution in [0.1, 0.15) is 13.8 Å². The van der Waals surface area contributed by atoms with E-state index in [0.29, 0.717) is 0 Å². The number of hydrogen-bond acceptors (Lipinski definition) is 3. The summed E-state index contributed by atoms with van der Waals surface area (Å²) in [7, 11) is -3.78. The van der Waals surface area contributed by atoms with Crippen molar-refractivity contribution in [2.75, 3.05) is 17.1 Å². The van der Waals surface area contributed by atoms with E-state index in [2.05, 4.69) is 15.9 Å². The smallest absolute Gasteiger partial charge is 0.235 e. The Hall–Kier alpha value is -0.730. The topological polar surface area (TPSA) is 55.4 Å². The first-order chi connectivity index (χ1) is 8.71. The third kappa shape index (κ3) is 5.42. The second-order valence-electron chi connectivity index (χ2n) is 4.09. The summed E-state index contributed by atoms with van der Waals surface area (Å²) in [5.74, 6) is -1.94. The van der Waals surface area contributed by atoms with E-state index in [1.54, 1.807) is 13.8 Å². The van der Waals surface area contributed by atoms with Crippen LogP contribution in [-0.4, -0.2) is 26.9 Å². The van der Waals surface area contributed by atoms with Gasteiger partial charge in [0, 0.05) is 6.07 Å². The quantitative estimate of drug-likeness (QED) is 0.796. The highest BCUT2D eigenvalue weighted by Gasteiger charge is 2.15. The first-order valence-electron chi connectivity index (χ1n) is 5.48. The molecule has 0 aliphatic rings. The van der Waals surface area contributed by atoms with Gasteiger partial charge in [-0.15, -0.1) is 0 Å². The number of benzene rings is 1. The summed E-state index contributed by atoms with van der Waals surface area (Å²) in [6, 6.07) is 1.64. The lowest BCUT2D eigenvalue weighted by atomic mass is 10.3. The highest BCUT2D eigenvalue weighted by molar-refractivity contribution is 9.10. The summed E-state index contributed by atoms with van der Waals surface area (Å²) in [5, 5.41) is 0. The monoisotopic (exact) mass is 357 g/mol. The number of halogens is 3. The van der Waals surface area contributed by atoms with Crippen LogP contribution >= 0.6 is 15.9 Å². The lowest BCUT2D eigenvalue weighted by Crippen LogP contribution is -2.22. The summed E-state index contributed by atoms with van der Waals surface area (Å²) in [4.78, 5) is 0. The van der Waals surface area contributed by atoms with Crippen LogP contribution in [0.5, 0.6) is 0 Å². The highest BCUT2D eigenvalue weighted by atomic mass is 79.9. The highest BCUT2D eigenvalue weighted by Crippen LogP contribution is 2.24. The van der Waals surface area contributed by atoms with Gasteiger partial charge in [0.25, 0.3) is 0 Å². The van der Waals surface area contributed by atoms with E-state index in [1.807, 2.05) is 4.72 Å². The summed E-state index contributed by atoms with van der Waals surface area (Å²) in [6.45, 7) is 3.52. The van der Waals surface area contributed by atoms with Crippen LogP contribution in [0.4, 0.5) is 14.5 Å². The summed E-state index contributed by atoms with van der Waals surface area (Å²) < 4.78 is 57.0. The van der Waals surface area contributed by atoms with Crippen molar-refractivity contribution in [3.8, 4) is 0 Å². The molecule has 8 heteroatoms.